The summed E-state index contributed by atoms with van der Waals surface area (Å²) >= 11 is 1.50. The van der Waals surface area contributed by atoms with Gasteiger partial charge in [-0.25, -0.2) is 4.98 Å². The van der Waals surface area contributed by atoms with Crippen molar-refractivity contribution in [2.45, 2.75) is 103 Å². The van der Waals surface area contributed by atoms with Gasteiger partial charge >= 0.3 is 0 Å². The average Bonchev–Trinajstić information content (AvgIpc) is 3.25. The van der Waals surface area contributed by atoms with E-state index in [1.165, 1.54) is 17.8 Å². The van der Waals surface area contributed by atoms with Crippen molar-refractivity contribution in [3.8, 4) is 0 Å². The van der Waals surface area contributed by atoms with Crippen LogP contribution in [0, 0.1) is 16.7 Å². The Bertz CT molecular complexity index is 914. The van der Waals surface area contributed by atoms with Crippen LogP contribution >= 0.6 is 11.3 Å². The highest BCUT2D eigenvalue weighted by atomic mass is 32.1. The fraction of sp³-hybridized carbons (Fsp3) is 0.815. The molecule has 2 heterocycles. The number of carbonyl (C=O) groups is 2. The van der Waals surface area contributed by atoms with E-state index in [0.29, 0.717) is 30.8 Å². The molecule has 0 aromatic carbocycles. The standard InChI is InChI=1S/C27H43N3O4S/c1-4-5-7-10-22(33)28-25-29-24-18(15-23(34)30-13-8-6-9-14-30)26(2)12-11-21(32)27(3,17-31)20(26)16-19(24)35-25/h18,20-21,31-32H,4-17H2,1-3H3,(H,28,29,33)/t18-,20+,21-,26+,27+/m1/s1. The number of aliphatic hydroxyl groups excluding tert-OH is 2. The SMILES string of the molecule is CCCCCC(=O)Nc1nc2c(s1)C[C@@H]1[C@](C)(CO)[C@H](O)CC[C@@]1(C)[C@@H]2CC(=O)N1CCCCC1. The maximum absolute atomic E-state index is 13.5. The molecule has 0 bridgehead atoms. The van der Waals surface area contributed by atoms with Gasteiger partial charge in [0, 0.05) is 42.1 Å². The highest BCUT2D eigenvalue weighted by Crippen LogP contribution is 2.63. The topological polar surface area (TPSA) is 103 Å². The molecule has 4 rings (SSSR count). The summed E-state index contributed by atoms with van der Waals surface area (Å²) in [5.41, 5.74) is 0.0516. The maximum Gasteiger partial charge on any atom is 0.226 e. The Labute approximate surface area is 213 Å². The van der Waals surface area contributed by atoms with Crippen molar-refractivity contribution in [3.05, 3.63) is 10.6 Å². The number of rotatable bonds is 8. The number of fused-ring (bicyclic) bond motifs is 2. The van der Waals surface area contributed by atoms with E-state index >= 15 is 0 Å². The summed E-state index contributed by atoms with van der Waals surface area (Å²) in [5.74, 6) is 0.109. The van der Waals surface area contributed by atoms with Gasteiger partial charge in [0.1, 0.15) is 0 Å². The lowest BCUT2D eigenvalue weighted by atomic mass is 9.47. The van der Waals surface area contributed by atoms with Crippen LogP contribution in [-0.4, -0.2) is 57.7 Å². The van der Waals surface area contributed by atoms with E-state index in [4.69, 9.17) is 4.98 Å². The number of carbonyl (C=O) groups excluding carboxylic acids is 2. The van der Waals surface area contributed by atoms with Crippen LogP contribution in [0.4, 0.5) is 5.13 Å². The molecule has 7 nitrogen and oxygen atoms in total. The molecule has 0 spiro atoms. The minimum atomic E-state index is -0.634. The van der Waals surface area contributed by atoms with E-state index in [-0.39, 0.29) is 35.7 Å². The molecule has 35 heavy (non-hydrogen) atoms. The first-order chi connectivity index (χ1) is 16.7. The Hall–Kier alpha value is -1.51. The molecule has 5 atom stereocenters. The van der Waals surface area contributed by atoms with Crippen LogP contribution in [0.2, 0.25) is 0 Å². The third-order valence-corrected chi connectivity index (χ3v) is 10.2. The molecule has 3 N–H and O–H groups in total. The fourth-order valence-electron chi connectivity index (χ4n) is 6.86. The van der Waals surface area contributed by atoms with E-state index in [1.54, 1.807) is 0 Å². The summed E-state index contributed by atoms with van der Waals surface area (Å²) in [6.45, 7) is 7.90. The van der Waals surface area contributed by atoms with Gasteiger partial charge in [0.2, 0.25) is 11.8 Å². The summed E-state index contributed by atoms with van der Waals surface area (Å²) in [7, 11) is 0. The summed E-state index contributed by atoms with van der Waals surface area (Å²) in [6.07, 6.45) is 8.68. The van der Waals surface area contributed by atoms with Gasteiger partial charge in [-0.15, -0.1) is 11.3 Å². The molecule has 1 aliphatic heterocycles. The van der Waals surface area contributed by atoms with Crippen LogP contribution in [0.15, 0.2) is 0 Å². The number of unbranched alkanes of at least 4 members (excludes halogenated alkanes) is 2. The van der Waals surface area contributed by atoms with Gasteiger partial charge in [-0.05, 0) is 56.3 Å². The summed E-state index contributed by atoms with van der Waals surface area (Å²) in [5, 5.41) is 25.0. The van der Waals surface area contributed by atoms with Crippen LogP contribution in [0.1, 0.15) is 101 Å². The molecular weight excluding hydrogens is 462 g/mol. The second-order valence-electron chi connectivity index (χ2n) is 11.5. The van der Waals surface area contributed by atoms with Gasteiger partial charge in [-0.2, -0.15) is 0 Å². The number of piperidine rings is 1. The van der Waals surface area contributed by atoms with Crippen LogP contribution in [0.3, 0.4) is 0 Å². The molecule has 1 saturated carbocycles. The number of aliphatic hydroxyl groups is 2. The monoisotopic (exact) mass is 505 g/mol. The molecule has 1 aromatic heterocycles. The Morgan fingerprint density at radius 1 is 1.20 bits per heavy atom. The predicted molar refractivity (Wildman–Crippen MR) is 138 cm³/mol. The molecular formula is C27H43N3O4S. The van der Waals surface area contributed by atoms with Gasteiger partial charge in [0.15, 0.2) is 5.13 Å². The summed E-state index contributed by atoms with van der Waals surface area (Å²) < 4.78 is 0. The van der Waals surface area contributed by atoms with Crippen molar-refractivity contribution >= 4 is 28.3 Å². The fourth-order valence-corrected chi connectivity index (χ4v) is 7.95. The van der Waals surface area contributed by atoms with Gasteiger partial charge in [0.25, 0.3) is 0 Å². The number of likely N-dealkylation sites (tertiary alicyclic amines) is 1. The normalized spacial score (nSPS) is 32.6. The Morgan fingerprint density at radius 2 is 1.94 bits per heavy atom. The number of nitrogens with one attached hydrogen (secondary N) is 1. The van der Waals surface area contributed by atoms with E-state index in [2.05, 4.69) is 19.2 Å². The van der Waals surface area contributed by atoms with Crippen LogP contribution < -0.4 is 5.32 Å². The zero-order valence-electron chi connectivity index (χ0n) is 21.6. The lowest BCUT2D eigenvalue weighted by Gasteiger charge is -2.58. The lowest BCUT2D eigenvalue weighted by Crippen LogP contribution is -2.57. The first kappa shape index (κ1) is 26.6. The summed E-state index contributed by atoms with van der Waals surface area (Å²) in [4.78, 5) is 34.0. The number of nitrogens with zero attached hydrogens (tertiary/aromatic N) is 2. The minimum Gasteiger partial charge on any atom is -0.396 e. The third kappa shape index (κ3) is 5.16. The molecule has 3 aliphatic rings. The van der Waals surface area contributed by atoms with E-state index in [9.17, 15) is 19.8 Å². The second kappa shape index (κ2) is 10.9. The molecule has 1 saturated heterocycles. The lowest BCUT2D eigenvalue weighted by molar-refractivity contribution is -0.147. The van der Waals surface area contributed by atoms with Gasteiger partial charge in [0.05, 0.1) is 18.4 Å². The van der Waals surface area contributed by atoms with Crippen molar-refractivity contribution in [2.24, 2.45) is 16.7 Å². The zero-order chi connectivity index (χ0) is 25.2. The number of amides is 2. The summed E-state index contributed by atoms with van der Waals surface area (Å²) in [6, 6.07) is 0. The third-order valence-electron chi connectivity index (χ3n) is 9.23. The van der Waals surface area contributed by atoms with Gasteiger partial charge < -0.3 is 20.4 Å². The highest BCUT2D eigenvalue weighted by molar-refractivity contribution is 7.15. The van der Waals surface area contributed by atoms with E-state index in [1.807, 2.05) is 11.8 Å². The second-order valence-corrected chi connectivity index (χ2v) is 12.6. The Balaban J connectivity index is 1.65. The van der Waals surface area contributed by atoms with Crippen molar-refractivity contribution < 1.29 is 19.8 Å². The van der Waals surface area contributed by atoms with E-state index < -0.39 is 11.5 Å². The van der Waals surface area contributed by atoms with Crippen molar-refractivity contribution in [3.63, 3.8) is 0 Å². The first-order valence-corrected chi connectivity index (χ1v) is 14.4. The maximum atomic E-state index is 13.5. The molecule has 196 valence electrons. The van der Waals surface area contributed by atoms with Gasteiger partial charge in [-0.1, -0.05) is 33.6 Å². The smallest absolute Gasteiger partial charge is 0.226 e. The number of hydrogen-bond donors (Lipinski definition) is 3. The van der Waals surface area contributed by atoms with Crippen LogP contribution in [0.25, 0.3) is 0 Å². The Morgan fingerprint density at radius 3 is 2.63 bits per heavy atom. The Kier molecular flexibility index (Phi) is 8.23. The molecule has 2 aliphatic carbocycles. The molecule has 0 radical (unpaired) electrons. The van der Waals surface area contributed by atoms with E-state index in [0.717, 1.165) is 62.2 Å². The van der Waals surface area contributed by atoms with Crippen LogP contribution in [-0.2, 0) is 16.0 Å². The largest absolute Gasteiger partial charge is 0.396 e. The van der Waals surface area contributed by atoms with Crippen molar-refractivity contribution in [1.29, 1.82) is 0 Å². The predicted octanol–water partition coefficient (Wildman–Crippen LogP) is 4.48. The molecule has 2 amide bonds. The van der Waals surface area contributed by atoms with Crippen molar-refractivity contribution in [2.75, 3.05) is 25.0 Å². The number of hydrogen-bond acceptors (Lipinski definition) is 6. The zero-order valence-corrected chi connectivity index (χ0v) is 22.5. The number of thiazole rings is 1. The quantitative estimate of drug-likeness (QED) is 0.452. The minimum absolute atomic E-state index is 0.00950. The molecule has 0 unspecified atom stereocenters. The molecule has 8 heteroatoms. The van der Waals surface area contributed by atoms with Gasteiger partial charge in [-0.3, -0.25) is 9.59 Å². The first-order valence-electron chi connectivity index (χ1n) is 13.6. The molecule has 1 aromatic rings. The van der Waals surface area contributed by atoms with Crippen LogP contribution in [0.5, 0.6) is 0 Å². The number of aromatic nitrogens is 1. The number of anilines is 1. The average molecular weight is 506 g/mol. The molecule has 2 fully saturated rings. The highest BCUT2D eigenvalue weighted by Gasteiger charge is 2.59. The van der Waals surface area contributed by atoms with Crippen molar-refractivity contribution in [1.82, 2.24) is 9.88 Å².